The Bertz CT molecular complexity index is 1490. The quantitative estimate of drug-likeness (QED) is 0.0726. The average Bonchev–Trinajstić information content (AvgIpc) is 3.05. The minimum Gasteiger partial charge on any atom is -0.455 e. The van der Waals surface area contributed by atoms with Crippen LogP contribution in [0.1, 0.15) is 79.0 Å². The summed E-state index contributed by atoms with van der Waals surface area (Å²) in [6, 6.07) is 2.07. The maximum absolute atomic E-state index is 13.2. The van der Waals surface area contributed by atoms with Crippen molar-refractivity contribution in [1.29, 1.82) is 0 Å². The molecule has 274 valence electrons. The number of carbonyl (C=O) groups excluding carboxylic acids is 3. The highest BCUT2D eigenvalue weighted by atomic mass is 19.4. The van der Waals surface area contributed by atoms with Gasteiger partial charge in [-0.1, -0.05) is 75.3 Å². The molecule has 0 bridgehead atoms. The van der Waals surface area contributed by atoms with Gasteiger partial charge in [0.05, 0.1) is 23.9 Å². The van der Waals surface area contributed by atoms with Crippen LogP contribution in [0.15, 0.2) is 89.7 Å². The van der Waals surface area contributed by atoms with Crippen molar-refractivity contribution >= 4 is 17.8 Å². The van der Waals surface area contributed by atoms with Crippen LogP contribution in [0.5, 0.6) is 0 Å². The van der Waals surface area contributed by atoms with Crippen LogP contribution < -0.4 is 5.32 Å². The number of Topliss-reactive ketones (excluding diaryl/α,β-unsaturated/α-hetero) is 1. The number of ether oxygens (including phenoxy) is 2. The average molecular weight is 701 g/mol. The molecule has 1 amide bonds. The van der Waals surface area contributed by atoms with E-state index in [0.717, 1.165) is 23.6 Å². The maximum Gasteiger partial charge on any atom is 0.418 e. The third-order valence-corrected chi connectivity index (χ3v) is 8.25. The molecular formula is C39H51F3N2O6. The third kappa shape index (κ3) is 15.1. The minimum atomic E-state index is -4.59. The van der Waals surface area contributed by atoms with Crippen molar-refractivity contribution in [3.63, 3.8) is 0 Å². The van der Waals surface area contributed by atoms with Crippen molar-refractivity contribution in [2.75, 3.05) is 6.61 Å². The Hall–Kier alpha value is -4.25. The summed E-state index contributed by atoms with van der Waals surface area (Å²) < 4.78 is 49.7. The van der Waals surface area contributed by atoms with Crippen LogP contribution in [0.4, 0.5) is 18.0 Å². The number of halogens is 3. The first kappa shape index (κ1) is 41.9. The van der Waals surface area contributed by atoms with Crippen molar-refractivity contribution < 1.29 is 42.1 Å². The smallest absolute Gasteiger partial charge is 0.418 e. The summed E-state index contributed by atoms with van der Waals surface area (Å²) in [5, 5.41) is 13.2. The molecule has 11 heteroatoms. The molecule has 0 spiro atoms. The molecule has 2 rings (SSSR count). The lowest BCUT2D eigenvalue weighted by atomic mass is 9.84. The highest BCUT2D eigenvalue weighted by Crippen LogP contribution is 2.31. The third-order valence-electron chi connectivity index (χ3n) is 8.25. The number of hydrogen-bond acceptors (Lipinski definition) is 7. The van der Waals surface area contributed by atoms with E-state index in [-0.39, 0.29) is 47.9 Å². The van der Waals surface area contributed by atoms with E-state index in [4.69, 9.17) is 9.47 Å². The van der Waals surface area contributed by atoms with E-state index >= 15 is 0 Å². The fourth-order valence-electron chi connectivity index (χ4n) is 5.55. The number of hydrogen-bond donors (Lipinski definition) is 2. The zero-order chi connectivity index (χ0) is 37.4. The minimum absolute atomic E-state index is 0.0185. The number of amides is 1. The van der Waals surface area contributed by atoms with E-state index in [2.05, 4.69) is 35.5 Å². The van der Waals surface area contributed by atoms with E-state index in [1.165, 1.54) is 18.3 Å². The van der Waals surface area contributed by atoms with Gasteiger partial charge in [0.2, 0.25) is 0 Å². The summed E-state index contributed by atoms with van der Waals surface area (Å²) >= 11 is 0. The van der Waals surface area contributed by atoms with Crippen LogP contribution in [-0.2, 0) is 31.8 Å². The molecule has 1 aromatic heterocycles. The number of alkyl halides is 3. The molecule has 2 heterocycles. The largest absolute Gasteiger partial charge is 0.455 e. The summed E-state index contributed by atoms with van der Waals surface area (Å²) in [7, 11) is 0. The maximum atomic E-state index is 13.2. The Morgan fingerprint density at radius 3 is 2.56 bits per heavy atom. The molecule has 0 saturated carbocycles. The molecule has 1 unspecified atom stereocenters. The van der Waals surface area contributed by atoms with Gasteiger partial charge in [-0.25, -0.2) is 9.59 Å². The monoisotopic (exact) mass is 700 g/mol. The molecule has 1 aliphatic heterocycles. The van der Waals surface area contributed by atoms with Gasteiger partial charge in [-0.15, -0.1) is 0 Å². The lowest BCUT2D eigenvalue weighted by Crippen LogP contribution is -2.32. The molecule has 2 N–H and O–H groups in total. The van der Waals surface area contributed by atoms with Crippen LogP contribution in [0.25, 0.3) is 0 Å². The summed E-state index contributed by atoms with van der Waals surface area (Å²) in [4.78, 5) is 40.2. The molecule has 8 nitrogen and oxygen atoms in total. The number of allylic oxidation sites excluding steroid dienone is 8. The number of nitrogens with one attached hydrogen (secondary N) is 1. The number of cyclic esters (lactones) is 1. The van der Waals surface area contributed by atoms with Gasteiger partial charge >= 0.3 is 18.2 Å². The molecular weight excluding hydrogens is 649 g/mol. The van der Waals surface area contributed by atoms with E-state index in [1.807, 2.05) is 52.0 Å². The number of pyridine rings is 1. The van der Waals surface area contributed by atoms with E-state index in [0.29, 0.717) is 18.4 Å². The van der Waals surface area contributed by atoms with Crippen LogP contribution in [0.2, 0.25) is 0 Å². The molecule has 0 aromatic carbocycles. The molecule has 0 aliphatic carbocycles. The first-order valence-corrected chi connectivity index (χ1v) is 16.9. The highest BCUT2D eigenvalue weighted by molar-refractivity contribution is 5.96. The van der Waals surface area contributed by atoms with Gasteiger partial charge in [-0.3, -0.25) is 9.78 Å². The number of alkyl carbamates (subject to hydrolysis) is 1. The number of aliphatic hydroxyl groups excluding tert-OH is 1. The summed E-state index contributed by atoms with van der Waals surface area (Å²) in [5.41, 5.74) is 1.24. The Balaban J connectivity index is 1.79. The zero-order valence-electron chi connectivity index (χ0n) is 30.0. The number of rotatable bonds is 17. The highest BCUT2D eigenvalue weighted by Gasteiger charge is 2.34. The van der Waals surface area contributed by atoms with Gasteiger partial charge in [0.15, 0.2) is 5.78 Å². The van der Waals surface area contributed by atoms with Crippen LogP contribution in [-0.4, -0.2) is 46.8 Å². The number of esters is 1. The normalized spacial score (nSPS) is 19.2. The summed E-state index contributed by atoms with van der Waals surface area (Å²) in [5.74, 6) is -1.05. The summed E-state index contributed by atoms with van der Waals surface area (Å²) in [6.45, 7) is 12.7. The van der Waals surface area contributed by atoms with Crippen LogP contribution >= 0.6 is 0 Å². The molecule has 1 aromatic rings. The lowest BCUT2D eigenvalue weighted by molar-refractivity contribution is -0.142. The van der Waals surface area contributed by atoms with Crippen molar-refractivity contribution in [3.8, 4) is 0 Å². The Labute approximate surface area is 293 Å². The molecule has 0 saturated heterocycles. The van der Waals surface area contributed by atoms with Crippen molar-refractivity contribution in [2.24, 2.45) is 23.7 Å². The van der Waals surface area contributed by atoms with Crippen molar-refractivity contribution in [2.45, 2.75) is 92.7 Å². The fraction of sp³-hybridized carbons (Fsp3) is 0.487. The number of nitrogens with zero attached hydrogens (tertiary/aromatic N) is 1. The second kappa shape index (κ2) is 20.4. The first-order valence-electron chi connectivity index (χ1n) is 16.9. The number of carbonyl (C=O) groups is 3. The summed E-state index contributed by atoms with van der Waals surface area (Å²) in [6.07, 6.45) is 13.5. The van der Waals surface area contributed by atoms with Crippen molar-refractivity contribution in [1.82, 2.24) is 10.3 Å². The Morgan fingerprint density at radius 1 is 1.16 bits per heavy atom. The molecule has 0 radical (unpaired) electrons. The second-order valence-electron chi connectivity index (χ2n) is 13.1. The lowest BCUT2D eigenvalue weighted by Gasteiger charge is -2.25. The number of aromatic nitrogens is 1. The molecule has 1 aliphatic rings. The Morgan fingerprint density at radius 2 is 1.88 bits per heavy atom. The SMILES string of the molecule is CC(C=C[C@H]1CC=CC(=O)O1)=C[C@H](C)CC=CC(C)C=C(C)C(=O)[C@@H](C)[C@H](O)[C@@H](C)CC(C)=CCOC(=O)NCc1ncccc1C(F)(F)F. The van der Waals surface area contributed by atoms with Gasteiger partial charge in [0.1, 0.15) is 12.7 Å². The van der Waals surface area contributed by atoms with Crippen molar-refractivity contribution in [3.05, 3.63) is 101 Å². The standard InChI is InChI=1S/C39H51F3N2O6/c1-25(21-27(3)16-17-32-13-9-15-35(45)50-32)11-8-12-26(2)22-29(5)36(46)31(7)37(47)30(6)23-28(4)18-20-49-38(48)44-24-34-33(39(40,41)42)14-10-19-43-34/h8-10,12,14-19,21-22,25-26,30-32,37,47H,11,13,20,23-24H2,1-7H3,(H,44,48)/t25-,26?,30+,31-,32-,37-/m1/s1. The van der Waals surface area contributed by atoms with Gasteiger partial charge in [-0.05, 0) is 81.2 Å². The van der Waals surface area contributed by atoms with Gasteiger partial charge < -0.3 is 19.9 Å². The number of aliphatic hydroxyl groups is 1. The fourth-order valence-corrected chi connectivity index (χ4v) is 5.55. The zero-order valence-corrected chi connectivity index (χ0v) is 30.0. The predicted octanol–water partition coefficient (Wildman–Crippen LogP) is 8.40. The molecule has 6 atom stereocenters. The molecule has 0 fully saturated rings. The van der Waals surface area contributed by atoms with E-state index in [9.17, 15) is 32.7 Å². The molecule has 50 heavy (non-hydrogen) atoms. The van der Waals surface area contributed by atoms with E-state index < -0.39 is 36.4 Å². The Kier molecular flexibility index (Phi) is 17.1. The van der Waals surface area contributed by atoms with Gasteiger partial charge in [-0.2, -0.15) is 13.2 Å². The van der Waals surface area contributed by atoms with Crippen LogP contribution in [0.3, 0.4) is 0 Å². The van der Waals surface area contributed by atoms with Crippen LogP contribution in [0, 0.1) is 23.7 Å². The number of ketones is 1. The van der Waals surface area contributed by atoms with Gasteiger partial charge in [0.25, 0.3) is 0 Å². The predicted molar refractivity (Wildman–Crippen MR) is 188 cm³/mol. The van der Waals surface area contributed by atoms with E-state index in [1.54, 1.807) is 19.9 Å². The van der Waals surface area contributed by atoms with Gasteiger partial charge in [0, 0.05) is 24.6 Å². The topological polar surface area (TPSA) is 115 Å². The second-order valence-corrected chi connectivity index (χ2v) is 13.1. The first-order chi connectivity index (χ1) is 23.5.